The van der Waals surface area contributed by atoms with Crippen molar-refractivity contribution < 1.29 is 4.74 Å². The molecule has 4 aliphatic rings. The molecule has 0 atom stereocenters. The number of rotatable bonds is 4. The third kappa shape index (κ3) is 3.64. The van der Waals surface area contributed by atoms with Gasteiger partial charge in [0.1, 0.15) is 16.5 Å². The summed E-state index contributed by atoms with van der Waals surface area (Å²) in [6.45, 7) is 9.03. The fourth-order valence-electron chi connectivity index (χ4n) is 5.85. The van der Waals surface area contributed by atoms with Crippen LogP contribution in [0.1, 0.15) is 48.4 Å². The van der Waals surface area contributed by atoms with Crippen molar-refractivity contribution in [1.82, 2.24) is 19.8 Å². The van der Waals surface area contributed by atoms with Crippen LogP contribution >= 0.6 is 11.3 Å². The summed E-state index contributed by atoms with van der Waals surface area (Å²) in [5, 5.41) is 1.38. The number of aromatic nitrogens is 2. The van der Waals surface area contributed by atoms with Gasteiger partial charge in [-0.2, -0.15) is 0 Å². The maximum atomic E-state index is 5.53. The molecule has 3 fully saturated rings. The lowest BCUT2D eigenvalue weighted by atomic mass is 10.1. The number of nitrogens with zero attached hydrogens (tertiary/aromatic N) is 5. The fourth-order valence-corrected chi connectivity index (χ4v) is 7.12. The van der Waals surface area contributed by atoms with Gasteiger partial charge < -0.3 is 9.64 Å². The molecule has 162 valence electrons. The zero-order chi connectivity index (χ0) is 19.9. The van der Waals surface area contributed by atoms with Crippen LogP contribution in [0.5, 0.6) is 0 Å². The fraction of sp³-hybridized carbons (Fsp3) is 0.739. The molecule has 0 bridgehead atoms. The lowest BCUT2D eigenvalue weighted by molar-refractivity contribution is 0.0331. The van der Waals surface area contributed by atoms with Crippen molar-refractivity contribution >= 4 is 27.4 Å². The van der Waals surface area contributed by atoms with Crippen LogP contribution in [0.25, 0.3) is 10.2 Å². The van der Waals surface area contributed by atoms with E-state index >= 15 is 0 Å². The summed E-state index contributed by atoms with van der Waals surface area (Å²) in [4.78, 5) is 20.8. The highest BCUT2D eigenvalue weighted by Crippen LogP contribution is 2.41. The topological polar surface area (TPSA) is 44.7 Å². The third-order valence-electron chi connectivity index (χ3n) is 7.52. The minimum atomic E-state index is 0.825. The molecule has 2 aromatic rings. The quantitative estimate of drug-likeness (QED) is 0.747. The molecule has 30 heavy (non-hydrogen) atoms. The van der Waals surface area contributed by atoms with Crippen molar-refractivity contribution in [2.45, 2.75) is 57.5 Å². The van der Waals surface area contributed by atoms with E-state index in [4.69, 9.17) is 14.7 Å². The number of morpholine rings is 1. The first-order valence-electron chi connectivity index (χ1n) is 12.0. The highest BCUT2D eigenvalue weighted by Gasteiger charge is 2.30. The monoisotopic (exact) mass is 427 g/mol. The van der Waals surface area contributed by atoms with Crippen LogP contribution in [0, 0.1) is 0 Å². The van der Waals surface area contributed by atoms with Crippen LogP contribution in [0.15, 0.2) is 0 Å². The van der Waals surface area contributed by atoms with Crippen LogP contribution in [-0.4, -0.2) is 78.3 Å². The number of ether oxygens (including phenoxy) is 1. The van der Waals surface area contributed by atoms with Crippen molar-refractivity contribution in [3.05, 3.63) is 16.3 Å². The average molecular weight is 428 g/mol. The first kappa shape index (κ1) is 19.4. The Bertz CT molecular complexity index is 895. The summed E-state index contributed by atoms with van der Waals surface area (Å²) < 4.78 is 5.53. The minimum absolute atomic E-state index is 0.825. The maximum Gasteiger partial charge on any atom is 0.146 e. The number of hydrogen-bond donors (Lipinski definition) is 0. The normalized spacial score (nSPS) is 24.2. The molecule has 6 nitrogen and oxygen atoms in total. The second-order valence-corrected chi connectivity index (χ2v) is 10.4. The van der Waals surface area contributed by atoms with Crippen LogP contribution in [-0.2, 0) is 24.1 Å². The van der Waals surface area contributed by atoms with E-state index in [0.717, 1.165) is 57.8 Å². The predicted octanol–water partition coefficient (Wildman–Crippen LogP) is 3.08. The van der Waals surface area contributed by atoms with E-state index in [1.165, 1.54) is 74.1 Å². The molecule has 4 heterocycles. The number of piperazine rings is 1. The third-order valence-corrected chi connectivity index (χ3v) is 8.70. The van der Waals surface area contributed by atoms with E-state index in [2.05, 4.69) is 14.7 Å². The smallest absolute Gasteiger partial charge is 0.146 e. The van der Waals surface area contributed by atoms with Gasteiger partial charge in [0.2, 0.25) is 0 Å². The highest BCUT2D eigenvalue weighted by molar-refractivity contribution is 7.19. The molecule has 2 saturated heterocycles. The van der Waals surface area contributed by atoms with E-state index in [-0.39, 0.29) is 0 Å². The van der Waals surface area contributed by atoms with Gasteiger partial charge in [-0.25, -0.2) is 9.97 Å². The van der Waals surface area contributed by atoms with Gasteiger partial charge >= 0.3 is 0 Å². The molecule has 1 saturated carbocycles. The van der Waals surface area contributed by atoms with Crippen molar-refractivity contribution in [2.75, 3.05) is 57.4 Å². The van der Waals surface area contributed by atoms with Gasteiger partial charge in [-0.05, 0) is 37.7 Å². The van der Waals surface area contributed by atoms with Gasteiger partial charge in [0.15, 0.2) is 0 Å². The summed E-state index contributed by atoms with van der Waals surface area (Å²) in [6, 6.07) is 0.833. The van der Waals surface area contributed by atoms with Gasteiger partial charge in [0, 0.05) is 50.2 Å². The van der Waals surface area contributed by atoms with E-state index in [9.17, 15) is 0 Å². The van der Waals surface area contributed by atoms with E-state index < -0.39 is 0 Å². The number of anilines is 1. The van der Waals surface area contributed by atoms with Crippen molar-refractivity contribution in [1.29, 1.82) is 0 Å². The standard InChI is InChI=1S/C23H33N5OS/c1-2-5-17(4-1)27-8-10-28(11-9-27)22-21-18-6-3-7-19(18)30-23(21)25-20(24-22)16-26-12-14-29-15-13-26/h17H,1-16H2. The molecule has 7 heteroatoms. The summed E-state index contributed by atoms with van der Waals surface area (Å²) in [5.74, 6) is 2.23. The van der Waals surface area contributed by atoms with Crippen molar-refractivity contribution in [3.8, 4) is 0 Å². The minimum Gasteiger partial charge on any atom is -0.379 e. The number of hydrogen-bond acceptors (Lipinski definition) is 7. The summed E-state index contributed by atoms with van der Waals surface area (Å²) in [5.41, 5.74) is 1.56. The molecular weight excluding hydrogens is 394 g/mol. The molecular formula is C23H33N5OS. The molecule has 0 radical (unpaired) electrons. The molecule has 0 N–H and O–H groups in total. The van der Waals surface area contributed by atoms with E-state index in [1.54, 1.807) is 10.4 Å². The summed E-state index contributed by atoms with van der Waals surface area (Å²) in [6.07, 6.45) is 9.37. The van der Waals surface area contributed by atoms with E-state index in [1.807, 2.05) is 11.3 Å². The lowest BCUT2D eigenvalue weighted by Crippen LogP contribution is -2.50. The molecule has 2 aliphatic carbocycles. The zero-order valence-corrected chi connectivity index (χ0v) is 18.8. The second-order valence-electron chi connectivity index (χ2n) is 9.35. The molecule has 0 amide bonds. The van der Waals surface area contributed by atoms with Crippen LogP contribution in [0.2, 0.25) is 0 Å². The van der Waals surface area contributed by atoms with Crippen LogP contribution in [0.3, 0.4) is 0 Å². The predicted molar refractivity (Wildman–Crippen MR) is 122 cm³/mol. The summed E-state index contributed by atoms with van der Waals surface area (Å²) >= 11 is 1.93. The summed E-state index contributed by atoms with van der Waals surface area (Å²) in [7, 11) is 0. The van der Waals surface area contributed by atoms with Gasteiger partial charge in [-0.15, -0.1) is 11.3 Å². The van der Waals surface area contributed by atoms with Gasteiger partial charge in [0.05, 0.1) is 25.1 Å². The molecule has 2 aromatic heterocycles. The largest absolute Gasteiger partial charge is 0.379 e. The van der Waals surface area contributed by atoms with E-state index in [0.29, 0.717) is 0 Å². The number of fused-ring (bicyclic) bond motifs is 3. The number of aryl methyl sites for hydroxylation is 2. The Labute approximate surface area is 183 Å². The maximum absolute atomic E-state index is 5.53. The zero-order valence-electron chi connectivity index (χ0n) is 17.9. The average Bonchev–Trinajstić information content (AvgIpc) is 3.52. The van der Waals surface area contributed by atoms with Crippen LogP contribution < -0.4 is 4.90 Å². The Morgan fingerprint density at radius 2 is 1.70 bits per heavy atom. The molecule has 0 unspecified atom stereocenters. The van der Waals surface area contributed by atoms with Gasteiger partial charge in [-0.3, -0.25) is 9.80 Å². The van der Waals surface area contributed by atoms with Gasteiger partial charge in [-0.1, -0.05) is 12.8 Å². The molecule has 0 spiro atoms. The Kier molecular flexibility index (Phi) is 5.39. The second kappa shape index (κ2) is 8.34. The molecule has 6 rings (SSSR count). The van der Waals surface area contributed by atoms with Crippen LogP contribution in [0.4, 0.5) is 5.82 Å². The van der Waals surface area contributed by atoms with Crippen molar-refractivity contribution in [2.24, 2.45) is 0 Å². The Balaban J connectivity index is 1.29. The Morgan fingerprint density at radius 3 is 2.50 bits per heavy atom. The Morgan fingerprint density at radius 1 is 0.900 bits per heavy atom. The first-order chi connectivity index (χ1) is 14.8. The lowest BCUT2D eigenvalue weighted by Gasteiger charge is -2.39. The first-order valence-corrected chi connectivity index (χ1v) is 12.8. The highest BCUT2D eigenvalue weighted by atomic mass is 32.1. The molecule has 0 aromatic carbocycles. The van der Waals surface area contributed by atoms with Gasteiger partial charge in [0.25, 0.3) is 0 Å². The van der Waals surface area contributed by atoms with Crippen molar-refractivity contribution in [3.63, 3.8) is 0 Å². The SMILES string of the molecule is C1Cc2sc3nc(CN4CCOCC4)nc(N4CCN(C5CCCC5)CC4)c3c2C1. The number of thiophene rings is 1. The molecule has 2 aliphatic heterocycles. The Hall–Kier alpha value is -1.28.